The van der Waals surface area contributed by atoms with Crippen molar-refractivity contribution in [3.05, 3.63) is 71.2 Å². The Bertz CT molecular complexity index is 1420. The lowest BCUT2D eigenvalue weighted by molar-refractivity contribution is 0.356. The molecule has 5 nitrogen and oxygen atoms in total. The molecule has 0 aliphatic rings. The third kappa shape index (κ3) is 3.37. The van der Waals surface area contributed by atoms with Crippen molar-refractivity contribution in [3.8, 4) is 39.6 Å². The molecule has 0 N–H and O–H groups in total. The number of fused-ring (bicyclic) bond motifs is 3. The number of halogens is 1. The molecule has 0 atom stereocenters. The van der Waals surface area contributed by atoms with Gasteiger partial charge < -0.3 is 18.7 Å². The first-order chi connectivity index (χ1) is 15.6. The number of hydrogen-bond donors (Lipinski definition) is 0. The zero-order valence-corrected chi connectivity index (χ0v) is 19.4. The standard InChI is InChI=1S/C26H20BrNO4/c1-29-19-10-6-15(7-11-19)20-12-17-13-22(30-2)23(31-3)14-21(17)26-24(20)25(28-32-26)16-4-8-18(27)9-5-16/h4-14H,1-3H3. The first-order valence-corrected chi connectivity index (χ1v) is 10.8. The first-order valence-electron chi connectivity index (χ1n) is 10.0. The minimum absolute atomic E-state index is 0.639. The van der Waals surface area contributed by atoms with Crippen LogP contribution in [0.2, 0.25) is 0 Å². The molecule has 0 radical (unpaired) electrons. The number of methoxy groups -OCH3 is 3. The summed E-state index contributed by atoms with van der Waals surface area (Å²) >= 11 is 3.50. The molecular weight excluding hydrogens is 470 g/mol. The molecule has 0 unspecified atom stereocenters. The van der Waals surface area contributed by atoms with E-state index in [-0.39, 0.29) is 0 Å². The Kier molecular flexibility index (Phi) is 5.23. The second-order valence-corrected chi connectivity index (χ2v) is 8.24. The van der Waals surface area contributed by atoms with Crippen LogP contribution in [0.1, 0.15) is 0 Å². The largest absolute Gasteiger partial charge is 0.497 e. The van der Waals surface area contributed by atoms with E-state index in [0.29, 0.717) is 17.1 Å². The van der Waals surface area contributed by atoms with Crippen LogP contribution in [0.4, 0.5) is 0 Å². The van der Waals surface area contributed by atoms with E-state index in [4.69, 9.17) is 18.7 Å². The van der Waals surface area contributed by atoms with E-state index >= 15 is 0 Å². The van der Waals surface area contributed by atoms with Gasteiger partial charge >= 0.3 is 0 Å². The molecule has 5 aromatic rings. The molecule has 1 heterocycles. The van der Waals surface area contributed by atoms with Crippen molar-refractivity contribution in [1.82, 2.24) is 5.16 Å². The fourth-order valence-corrected chi connectivity index (χ4v) is 4.23. The molecule has 0 bridgehead atoms. The van der Waals surface area contributed by atoms with Crippen LogP contribution in [0.25, 0.3) is 44.1 Å². The number of benzene rings is 4. The molecule has 32 heavy (non-hydrogen) atoms. The molecule has 0 spiro atoms. The molecule has 4 aromatic carbocycles. The molecule has 6 heteroatoms. The van der Waals surface area contributed by atoms with Crippen LogP contribution in [0.15, 0.2) is 75.7 Å². The van der Waals surface area contributed by atoms with Crippen molar-refractivity contribution in [2.24, 2.45) is 0 Å². The summed E-state index contributed by atoms with van der Waals surface area (Å²) in [7, 11) is 4.92. The van der Waals surface area contributed by atoms with Gasteiger partial charge in [0.15, 0.2) is 17.1 Å². The Morgan fingerprint density at radius 3 is 2.06 bits per heavy atom. The van der Waals surface area contributed by atoms with E-state index in [0.717, 1.165) is 48.8 Å². The Morgan fingerprint density at radius 2 is 1.41 bits per heavy atom. The second kappa shape index (κ2) is 8.20. The highest BCUT2D eigenvalue weighted by atomic mass is 79.9. The molecular formula is C26H20BrNO4. The highest BCUT2D eigenvalue weighted by Crippen LogP contribution is 2.43. The second-order valence-electron chi connectivity index (χ2n) is 7.32. The van der Waals surface area contributed by atoms with Crippen LogP contribution in [-0.4, -0.2) is 26.5 Å². The summed E-state index contributed by atoms with van der Waals surface area (Å²) in [6.45, 7) is 0. The molecule has 0 amide bonds. The van der Waals surface area contributed by atoms with Crippen molar-refractivity contribution < 1.29 is 18.7 Å². The Labute approximate surface area is 193 Å². The van der Waals surface area contributed by atoms with Crippen LogP contribution < -0.4 is 14.2 Å². The maximum absolute atomic E-state index is 5.94. The topological polar surface area (TPSA) is 53.7 Å². The predicted octanol–water partition coefficient (Wildman–Crippen LogP) is 7.10. The first kappa shape index (κ1) is 20.4. The molecule has 1 aromatic heterocycles. The highest BCUT2D eigenvalue weighted by Gasteiger charge is 2.20. The number of nitrogens with zero attached hydrogens (tertiary/aromatic N) is 1. The van der Waals surface area contributed by atoms with Crippen LogP contribution in [0, 0.1) is 0 Å². The summed E-state index contributed by atoms with van der Waals surface area (Å²) in [5.41, 5.74) is 4.51. The van der Waals surface area contributed by atoms with E-state index in [9.17, 15) is 0 Å². The quantitative estimate of drug-likeness (QED) is 0.263. The molecule has 0 aliphatic carbocycles. The van der Waals surface area contributed by atoms with Crippen molar-refractivity contribution in [1.29, 1.82) is 0 Å². The third-order valence-electron chi connectivity index (χ3n) is 5.58. The van der Waals surface area contributed by atoms with E-state index in [1.54, 1.807) is 21.3 Å². The van der Waals surface area contributed by atoms with Gasteiger partial charge in [-0.1, -0.05) is 45.4 Å². The van der Waals surface area contributed by atoms with Gasteiger partial charge in [-0.2, -0.15) is 0 Å². The summed E-state index contributed by atoms with van der Waals surface area (Å²) in [4.78, 5) is 0. The lowest BCUT2D eigenvalue weighted by atomic mass is 9.94. The lowest BCUT2D eigenvalue weighted by Crippen LogP contribution is -1.92. The monoisotopic (exact) mass is 489 g/mol. The van der Waals surface area contributed by atoms with Crippen LogP contribution in [0.3, 0.4) is 0 Å². The normalized spacial score (nSPS) is 11.1. The van der Waals surface area contributed by atoms with E-state index < -0.39 is 0 Å². The molecule has 0 fully saturated rings. The summed E-state index contributed by atoms with van der Waals surface area (Å²) in [5, 5.41) is 7.30. The Balaban J connectivity index is 1.86. The average molecular weight is 490 g/mol. The summed E-state index contributed by atoms with van der Waals surface area (Å²) in [5.74, 6) is 2.10. The van der Waals surface area contributed by atoms with Gasteiger partial charge in [-0.15, -0.1) is 0 Å². The van der Waals surface area contributed by atoms with E-state index in [2.05, 4.69) is 27.2 Å². The number of rotatable bonds is 5. The molecule has 0 aliphatic heterocycles. The van der Waals surface area contributed by atoms with Crippen LogP contribution >= 0.6 is 15.9 Å². The van der Waals surface area contributed by atoms with Gasteiger partial charge in [-0.05, 0) is 59.0 Å². The maximum atomic E-state index is 5.94. The fraction of sp³-hybridized carbons (Fsp3) is 0.115. The van der Waals surface area contributed by atoms with Gasteiger partial charge in [0, 0.05) is 15.4 Å². The smallest absolute Gasteiger partial charge is 0.176 e. The number of aromatic nitrogens is 1. The van der Waals surface area contributed by atoms with Gasteiger partial charge in [0.25, 0.3) is 0 Å². The summed E-state index contributed by atoms with van der Waals surface area (Å²) in [6.07, 6.45) is 0. The molecule has 0 saturated carbocycles. The molecule has 0 saturated heterocycles. The van der Waals surface area contributed by atoms with Crippen molar-refractivity contribution >= 4 is 37.7 Å². The molecule has 160 valence electrons. The lowest BCUT2D eigenvalue weighted by Gasteiger charge is -2.12. The van der Waals surface area contributed by atoms with Gasteiger partial charge in [-0.3, -0.25) is 0 Å². The van der Waals surface area contributed by atoms with E-state index in [1.165, 1.54) is 0 Å². The van der Waals surface area contributed by atoms with Gasteiger partial charge in [-0.25, -0.2) is 0 Å². The highest BCUT2D eigenvalue weighted by molar-refractivity contribution is 9.10. The zero-order chi connectivity index (χ0) is 22.2. The van der Waals surface area contributed by atoms with Crippen LogP contribution in [0.5, 0.6) is 17.2 Å². The van der Waals surface area contributed by atoms with E-state index in [1.807, 2.05) is 60.7 Å². The van der Waals surface area contributed by atoms with Crippen molar-refractivity contribution in [3.63, 3.8) is 0 Å². The predicted molar refractivity (Wildman–Crippen MR) is 130 cm³/mol. The number of hydrogen-bond acceptors (Lipinski definition) is 5. The fourth-order valence-electron chi connectivity index (χ4n) is 3.97. The Hall–Kier alpha value is -3.51. The summed E-state index contributed by atoms with van der Waals surface area (Å²) in [6, 6.07) is 22.1. The minimum Gasteiger partial charge on any atom is -0.497 e. The van der Waals surface area contributed by atoms with Crippen LogP contribution in [-0.2, 0) is 0 Å². The van der Waals surface area contributed by atoms with Gasteiger partial charge in [0.05, 0.1) is 26.7 Å². The third-order valence-corrected chi connectivity index (χ3v) is 6.11. The summed E-state index contributed by atoms with van der Waals surface area (Å²) < 4.78 is 23.4. The van der Waals surface area contributed by atoms with Crippen molar-refractivity contribution in [2.75, 3.05) is 21.3 Å². The van der Waals surface area contributed by atoms with Gasteiger partial charge in [0.1, 0.15) is 11.4 Å². The molecule has 5 rings (SSSR count). The minimum atomic E-state index is 0.639. The SMILES string of the molecule is COc1ccc(-c2cc3cc(OC)c(OC)cc3c3onc(-c4ccc(Br)cc4)c23)cc1. The van der Waals surface area contributed by atoms with Crippen molar-refractivity contribution in [2.45, 2.75) is 0 Å². The Morgan fingerprint density at radius 1 is 0.750 bits per heavy atom. The maximum Gasteiger partial charge on any atom is 0.176 e. The number of ether oxygens (including phenoxy) is 3. The van der Waals surface area contributed by atoms with Gasteiger partial charge in [0.2, 0.25) is 0 Å². The zero-order valence-electron chi connectivity index (χ0n) is 17.8. The average Bonchev–Trinajstić information content (AvgIpc) is 3.28.